The van der Waals surface area contributed by atoms with E-state index in [0.717, 1.165) is 22.8 Å². The first-order valence-corrected chi connectivity index (χ1v) is 12.7. The second-order valence-corrected chi connectivity index (χ2v) is 10.3. The highest BCUT2D eigenvalue weighted by Gasteiger charge is 2.30. The van der Waals surface area contributed by atoms with Gasteiger partial charge in [0.15, 0.2) is 5.13 Å². The number of nitrogens with zero attached hydrogens (tertiary/aromatic N) is 2. The molecule has 0 bridgehead atoms. The van der Waals surface area contributed by atoms with Crippen molar-refractivity contribution < 1.29 is 17.9 Å². The predicted octanol–water partition coefficient (Wildman–Crippen LogP) is 4.21. The largest absolute Gasteiger partial charge is 0.457 e. The van der Waals surface area contributed by atoms with Crippen LogP contribution in [0.15, 0.2) is 60.0 Å². The molecule has 1 aliphatic heterocycles. The molecule has 1 aliphatic rings. The van der Waals surface area contributed by atoms with E-state index in [1.165, 1.54) is 21.9 Å². The Morgan fingerprint density at radius 3 is 2.55 bits per heavy atom. The van der Waals surface area contributed by atoms with Gasteiger partial charge >= 0.3 is 0 Å². The second kappa shape index (κ2) is 9.17. The molecule has 31 heavy (non-hydrogen) atoms. The van der Waals surface area contributed by atoms with Crippen LogP contribution in [-0.4, -0.2) is 43.0 Å². The molecule has 162 valence electrons. The van der Waals surface area contributed by atoms with Crippen molar-refractivity contribution in [2.75, 3.05) is 24.7 Å². The van der Waals surface area contributed by atoms with Crippen molar-refractivity contribution in [3.8, 4) is 22.8 Å². The second-order valence-electron chi connectivity index (χ2n) is 7.43. The number of anilines is 1. The number of ether oxygens (including phenoxy) is 1. The van der Waals surface area contributed by atoms with Gasteiger partial charge in [-0.25, -0.2) is 17.7 Å². The number of hydrogen-bond acceptors (Lipinski definition) is 6. The number of nitrogens with one attached hydrogen (secondary N) is 1. The molecule has 1 amide bonds. The van der Waals surface area contributed by atoms with Gasteiger partial charge in [-0.1, -0.05) is 18.2 Å². The predicted molar refractivity (Wildman–Crippen MR) is 122 cm³/mol. The van der Waals surface area contributed by atoms with Crippen molar-refractivity contribution in [1.82, 2.24) is 9.29 Å². The SMILES string of the molecule is CS(=O)(=O)N1CCCC(C(=O)Nc2nc(-c3ccc(Oc4ccccc4)cc3)cs2)C1. The highest BCUT2D eigenvalue weighted by Crippen LogP contribution is 2.29. The topological polar surface area (TPSA) is 88.6 Å². The number of para-hydroxylation sites is 1. The van der Waals surface area contributed by atoms with Gasteiger partial charge in [0.1, 0.15) is 11.5 Å². The van der Waals surface area contributed by atoms with Crippen LogP contribution in [0.3, 0.4) is 0 Å². The van der Waals surface area contributed by atoms with E-state index in [0.29, 0.717) is 24.5 Å². The van der Waals surface area contributed by atoms with Crippen molar-refractivity contribution in [3.63, 3.8) is 0 Å². The van der Waals surface area contributed by atoms with Crippen LogP contribution in [0.2, 0.25) is 0 Å². The molecule has 1 N–H and O–H groups in total. The standard InChI is InChI=1S/C22H23N3O4S2/c1-31(27,28)25-13-5-6-17(14-25)21(26)24-22-23-20(15-30-22)16-9-11-19(12-10-16)29-18-7-3-2-4-8-18/h2-4,7-12,15,17H,5-6,13-14H2,1H3,(H,23,24,26). The molecule has 2 aromatic carbocycles. The molecule has 2 heterocycles. The molecule has 1 fully saturated rings. The highest BCUT2D eigenvalue weighted by atomic mass is 32.2. The Morgan fingerprint density at radius 2 is 1.84 bits per heavy atom. The van der Waals surface area contributed by atoms with Gasteiger partial charge in [0, 0.05) is 24.0 Å². The average molecular weight is 458 g/mol. The number of benzene rings is 2. The number of piperidine rings is 1. The number of sulfonamides is 1. The molecule has 1 atom stereocenters. The molecule has 0 spiro atoms. The molecular formula is C22H23N3O4S2. The Hall–Kier alpha value is -2.75. The van der Waals surface area contributed by atoms with E-state index < -0.39 is 10.0 Å². The maximum absolute atomic E-state index is 12.6. The summed E-state index contributed by atoms with van der Waals surface area (Å²) in [6.07, 6.45) is 2.52. The lowest BCUT2D eigenvalue weighted by molar-refractivity contribution is -0.120. The summed E-state index contributed by atoms with van der Waals surface area (Å²) in [5, 5.41) is 5.22. The van der Waals surface area contributed by atoms with Crippen LogP contribution in [0.25, 0.3) is 11.3 Å². The van der Waals surface area contributed by atoms with Gasteiger partial charge in [0.2, 0.25) is 15.9 Å². The molecule has 9 heteroatoms. The first-order valence-electron chi connectivity index (χ1n) is 9.93. The van der Waals surface area contributed by atoms with E-state index in [4.69, 9.17) is 4.74 Å². The Bertz CT molecular complexity index is 1150. The number of carbonyl (C=O) groups is 1. The van der Waals surface area contributed by atoms with E-state index in [-0.39, 0.29) is 18.4 Å². The van der Waals surface area contributed by atoms with E-state index in [1.54, 1.807) is 0 Å². The molecule has 0 radical (unpaired) electrons. The monoisotopic (exact) mass is 457 g/mol. The number of hydrogen-bond donors (Lipinski definition) is 1. The van der Waals surface area contributed by atoms with Crippen LogP contribution < -0.4 is 10.1 Å². The van der Waals surface area contributed by atoms with Gasteiger partial charge in [-0.05, 0) is 49.2 Å². The van der Waals surface area contributed by atoms with Crippen LogP contribution in [0.5, 0.6) is 11.5 Å². The molecule has 1 saturated heterocycles. The fourth-order valence-corrected chi connectivity index (χ4v) is 5.08. The van der Waals surface area contributed by atoms with E-state index in [1.807, 2.05) is 60.0 Å². The quantitative estimate of drug-likeness (QED) is 0.599. The lowest BCUT2D eigenvalue weighted by Gasteiger charge is -2.29. The zero-order chi connectivity index (χ0) is 21.8. The minimum atomic E-state index is -3.29. The van der Waals surface area contributed by atoms with Crippen LogP contribution >= 0.6 is 11.3 Å². The summed E-state index contributed by atoms with van der Waals surface area (Å²) in [7, 11) is -3.29. The minimum absolute atomic E-state index is 0.194. The van der Waals surface area contributed by atoms with Gasteiger partial charge in [0.25, 0.3) is 0 Å². The fraction of sp³-hybridized carbons (Fsp3) is 0.273. The Kier molecular flexibility index (Phi) is 6.35. The van der Waals surface area contributed by atoms with Gasteiger partial charge < -0.3 is 10.1 Å². The van der Waals surface area contributed by atoms with Crippen LogP contribution in [0.1, 0.15) is 12.8 Å². The number of aromatic nitrogens is 1. The normalized spacial score (nSPS) is 17.3. The summed E-state index contributed by atoms with van der Waals surface area (Å²) < 4.78 is 30.7. The van der Waals surface area contributed by atoms with E-state index >= 15 is 0 Å². The Balaban J connectivity index is 1.38. The number of rotatable bonds is 6. The van der Waals surface area contributed by atoms with Crippen LogP contribution in [0.4, 0.5) is 5.13 Å². The van der Waals surface area contributed by atoms with Crippen LogP contribution in [-0.2, 0) is 14.8 Å². The van der Waals surface area contributed by atoms with Crippen molar-refractivity contribution in [2.45, 2.75) is 12.8 Å². The lowest BCUT2D eigenvalue weighted by Crippen LogP contribution is -2.43. The van der Waals surface area contributed by atoms with E-state index in [9.17, 15) is 13.2 Å². The van der Waals surface area contributed by atoms with Gasteiger partial charge in [-0.15, -0.1) is 11.3 Å². The molecule has 7 nitrogen and oxygen atoms in total. The zero-order valence-corrected chi connectivity index (χ0v) is 18.7. The van der Waals surface area contributed by atoms with Crippen molar-refractivity contribution in [2.24, 2.45) is 5.92 Å². The summed E-state index contributed by atoms with van der Waals surface area (Å²) in [6, 6.07) is 17.2. The summed E-state index contributed by atoms with van der Waals surface area (Å²) >= 11 is 1.34. The van der Waals surface area contributed by atoms with Crippen molar-refractivity contribution in [1.29, 1.82) is 0 Å². The van der Waals surface area contributed by atoms with Gasteiger partial charge in [-0.2, -0.15) is 0 Å². The first kappa shape index (κ1) is 21.5. The molecule has 1 unspecified atom stereocenters. The summed E-state index contributed by atoms with van der Waals surface area (Å²) in [6.45, 7) is 0.680. The first-order chi connectivity index (χ1) is 14.9. The smallest absolute Gasteiger partial charge is 0.230 e. The van der Waals surface area contributed by atoms with E-state index in [2.05, 4.69) is 10.3 Å². The minimum Gasteiger partial charge on any atom is -0.457 e. The molecule has 0 aliphatic carbocycles. The highest BCUT2D eigenvalue weighted by molar-refractivity contribution is 7.88. The van der Waals surface area contributed by atoms with Crippen molar-refractivity contribution >= 4 is 32.4 Å². The van der Waals surface area contributed by atoms with Gasteiger partial charge in [0.05, 0.1) is 17.9 Å². The fourth-order valence-electron chi connectivity index (χ4n) is 3.45. The number of carbonyl (C=O) groups excluding carboxylic acids is 1. The summed E-state index contributed by atoms with van der Waals surface area (Å²) in [4.78, 5) is 17.1. The Labute approximate surface area is 185 Å². The third kappa shape index (κ3) is 5.49. The maximum atomic E-state index is 12.6. The zero-order valence-electron chi connectivity index (χ0n) is 17.0. The number of thiazole rings is 1. The lowest BCUT2D eigenvalue weighted by atomic mass is 9.99. The van der Waals surface area contributed by atoms with Crippen LogP contribution in [0, 0.1) is 5.92 Å². The van der Waals surface area contributed by atoms with Gasteiger partial charge in [-0.3, -0.25) is 4.79 Å². The van der Waals surface area contributed by atoms with Crippen molar-refractivity contribution in [3.05, 3.63) is 60.0 Å². The molecular weight excluding hydrogens is 434 g/mol. The third-order valence-electron chi connectivity index (χ3n) is 5.09. The average Bonchev–Trinajstić information content (AvgIpc) is 3.23. The summed E-state index contributed by atoms with van der Waals surface area (Å²) in [5.41, 5.74) is 1.67. The molecule has 0 saturated carbocycles. The summed E-state index contributed by atoms with van der Waals surface area (Å²) in [5.74, 6) is 0.934. The molecule has 3 aromatic rings. The number of amides is 1. The maximum Gasteiger partial charge on any atom is 0.230 e. The molecule has 4 rings (SSSR count). The molecule has 1 aromatic heterocycles. The third-order valence-corrected chi connectivity index (χ3v) is 7.11. The Morgan fingerprint density at radius 1 is 1.13 bits per heavy atom.